The zero-order valence-electron chi connectivity index (χ0n) is 16.8. The summed E-state index contributed by atoms with van der Waals surface area (Å²) < 4.78 is 9.29. The van der Waals surface area contributed by atoms with Crippen molar-refractivity contribution >= 4 is 18.1 Å². The standard InChI is InChI=1S/C22H24N4O3S/c1-16-6-8-17(9-7-16)26-21(18-4-2-3-5-19(18)27)23-25(22(26)30)11-10-20(28)24-12-14-29-15-13-24/h2-9,27H,10-15H2,1H3. The summed E-state index contributed by atoms with van der Waals surface area (Å²) in [5.74, 6) is 0.734. The number of benzene rings is 2. The highest BCUT2D eigenvalue weighted by Gasteiger charge is 2.20. The molecule has 1 aliphatic rings. The fraction of sp³-hybridized carbons (Fsp3) is 0.318. The van der Waals surface area contributed by atoms with E-state index in [1.807, 2.05) is 46.7 Å². The van der Waals surface area contributed by atoms with Crippen molar-refractivity contribution in [1.82, 2.24) is 19.2 Å². The highest BCUT2D eigenvalue weighted by Crippen LogP contribution is 2.30. The van der Waals surface area contributed by atoms with E-state index >= 15 is 0 Å². The molecule has 1 N–H and O–H groups in total. The lowest BCUT2D eigenvalue weighted by molar-refractivity contribution is -0.135. The smallest absolute Gasteiger partial charge is 0.224 e. The molecule has 1 aliphatic heterocycles. The van der Waals surface area contributed by atoms with Crippen LogP contribution in [0.1, 0.15) is 12.0 Å². The summed E-state index contributed by atoms with van der Waals surface area (Å²) in [7, 11) is 0. The second kappa shape index (κ2) is 8.81. The molecule has 1 fully saturated rings. The van der Waals surface area contributed by atoms with Crippen LogP contribution in [0.4, 0.5) is 0 Å². The topological polar surface area (TPSA) is 72.5 Å². The molecule has 0 unspecified atom stereocenters. The monoisotopic (exact) mass is 424 g/mol. The maximum absolute atomic E-state index is 12.6. The number of ether oxygens (including phenoxy) is 1. The molecule has 1 amide bonds. The summed E-state index contributed by atoms with van der Waals surface area (Å²) in [6, 6.07) is 15.0. The van der Waals surface area contributed by atoms with Crippen LogP contribution in [-0.2, 0) is 16.1 Å². The van der Waals surface area contributed by atoms with Crippen molar-refractivity contribution in [2.24, 2.45) is 0 Å². The molecular formula is C22H24N4O3S. The number of hydrogen-bond acceptors (Lipinski definition) is 5. The quantitative estimate of drug-likeness (QED) is 0.636. The first-order valence-corrected chi connectivity index (χ1v) is 10.4. The van der Waals surface area contributed by atoms with Crippen LogP contribution in [-0.4, -0.2) is 56.6 Å². The molecule has 0 atom stereocenters. The van der Waals surface area contributed by atoms with E-state index in [-0.39, 0.29) is 11.7 Å². The number of para-hydroxylation sites is 1. The number of aromatic hydroxyl groups is 1. The highest BCUT2D eigenvalue weighted by molar-refractivity contribution is 7.71. The number of amides is 1. The van der Waals surface area contributed by atoms with Crippen molar-refractivity contribution in [2.75, 3.05) is 26.3 Å². The molecule has 0 aliphatic carbocycles. The zero-order valence-corrected chi connectivity index (χ0v) is 17.6. The van der Waals surface area contributed by atoms with Gasteiger partial charge in [0.25, 0.3) is 0 Å². The Morgan fingerprint density at radius 3 is 2.53 bits per heavy atom. The third-order valence-electron chi connectivity index (χ3n) is 5.18. The van der Waals surface area contributed by atoms with E-state index in [1.54, 1.807) is 22.9 Å². The first-order chi connectivity index (χ1) is 14.5. The van der Waals surface area contributed by atoms with Crippen LogP contribution >= 0.6 is 12.2 Å². The Bertz CT molecular complexity index is 1100. The summed E-state index contributed by atoms with van der Waals surface area (Å²) in [6.45, 7) is 4.77. The Morgan fingerprint density at radius 2 is 1.83 bits per heavy atom. The van der Waals surface area contributed by atoms with E-state index in [2.05, 4.69) is 5.10 Å². The molecule has 156 valence electrons. The molecule has 3 aromatic rings. The molecule has 2 aromatic carbocycles. The predicted molar refractivity (Wildman–Crippen MR) is 116 cm³/mol. The second-order valence-electron chi connectivity index (χ2n) is 7.26. The molecule has 8 heteroatoms. The van der Waals surface area contributed by atoms with Crippen LogP contribution in [0.5, 0.6) is 5.75 Å². The van der Waals surface area contributed by atoms with Gasteiger partial charge in [0.2, 0.25) is 10.7 Å². The van der Waals surface area contributed by atoms with Gasteiger partial charge in [-0.25, -0.2) is 4.68 Å². The Labute approximate surface area is 180 Å². The summed E-state index contributed by atoms with van der Waals surface area (Å²) in [6.07, 6.45) is 0.305. The number of nitrogens with zero attached hydrogens (tertiary/aromatic N) is 4. The maximum atomic E-state index is 12.6. The number of aryl methyl sites for hydroxylation is 2. The van der Waals surface area contributed by atoms with Crippen molar-refractivity contribution in [1.29, 1.82) is 0 Å². The van der Waals surface area contributed by atoms with Crippen LogP contribution in [0.25, 0.3) is 17.1 Å². The van der Waals surface area contributed by atoms with Gasteiger partial charge >= 0.3 is 0 Å². The number of carbonyl (C=O) groups excluding carboxylic acids is 1. The van der Waals surface area contributed by atoms with Crippen molar-refractivity contribution in [3.05, 3.63) is 58.9 Å². The fourth-order valence-electron chi connectivity index (χ4n) is 3.49. The molecule has 1 aromatic heterocycles. The van der Waals surface area contributed by atoms with E-state index in [0.29, 0.717) is 55.4 Å². The Hall–Kier alpha value is -2.97. The van der Waals surface area contributed by atoms with Crippen molar-refractivity contribution in [3.63, 3.8) is 0 Å². The first kappa shape index (κ1) is 20.3. The molecule has 4 rings (SSSR count). The lowest BCUT2D eigenvalue weighted by Crippen LogP contribution is -2.41. The van der Waals surface area contributed by atoms with Gasteiger partial charge in [0, 0.05) is 25.2 Å². The highest BCUT2D eigenvalue weighted by atomic mass is 32.1. The average Bonchev–Trinajstić information content (AvgIpc) is 3.09. The first-order valence-electron chi connectivity index (χ1n) is 9.95. The third-order valence-corrected chi connectivity index (χ3v) is 5.57. The molecule has 0 bridgehead atoms. The number of aromatic nitrogens is 3. The normalized spacial score (nSPS) is 14.1. The van der Waals surface area contributed by atoms with Crippen LogP contribution in [0.3, 0.4) is 0 Å². The lowest BCUT2D eigenvalue weighted by atomic mass is 10.1. The number of carbonyl (C=O) groups is 1. The minimum Gasteiger partial charge on any atom is -0.507 e. The van der Waals surface area contributed by atoms with Crippen molar-refractivity contribution in [3.8, 4) is 22.8 Å². The van der Waals surface area contributed by atoms with E-state index in [4.69, 9.17) is 17.0 Å². The van der Waals surface area contributed by atoms with Crippen molar-refractivity contribution < 1.29 is 14.6 Å². The number of phenols is 1. The maximum Gasteiger partial charge on any atom is 0.224 e. The lowest BCUT2D eigenvalue weighted by Gasteiger charge is -2.26. The van der Waals surface area contributed by atoms with Gasteiger partial charge in [-0.1, -0.05) is 29.8 Å². The second-order valence-corrected chi connectivity index (χ2v) is 7.63. The van der Waals surface area contributed by atoms with Gasteiger partial charge in [-0.05, 0) is 43.4 Å². The van der Waals surface area contributed by atoms with E-state index in [1.165, 1.54) is 0 Å². The van der Waals surface area contributed by atoms with Gasteiger partial charge in [0.15, 0.2) is 5.82 Å². The van der Waals surface area contributed by atoms with Crippen LogP contribution < -0.4 is 0 Å². The Balaban J connectivity index is 1.69. The minimum atomic E-state index is 0.0641. The molecule has 1 saturated heterocycles. The SMILES string of the molecule is Cc1ccc(-n2c(-c3ccccc3O)nn(CCC(=O)N3CCOCC3)c2=S)cc1. The number of morpholine rings is 1. The van der Waals surface area contributed by atoms with Crippen LogP contribution in [0.2, 0.25) is 0 Å². The van der Waals surface area contributed by atoms with Gasteiger partial charge in [0.1, 0.15) is 5.75 Å². The number of phenolic OH excluding ortho intramolecular Hbond substituents is 1. The van der Waals surface area contributed by atoms with Gasteiger partial charge in [-0.2, -0.15) is 5.10 Å². The van der Waals surface area contributed by atoms with E-state index in [0.717, 1.165) is 11.3 Å². The van der Waals surface area contributed by atoms with Crippen molar-refractivity contribution in [2.45, 2.75) is 19.9 Å². The molecule has 7 nitrogen and oxygen atoms in total. The van der Waals surface area contributed by atoms with Gasteiger partial charge in [-0.15, -0.1) is 0 Å². The zero-order chi connectivity index (χ0) is 21.1. The number of rotatable bonds is 5. The van der Waals surface area contributed by atoms with Gasteiger partial charge in [0.05, 0.1) is 25.3 Å². The fourth-order valence-corrected chi connectivity index (χ4v) is 3.81. The third kappa shape index (κ3) is 4.15. The number of hydrogen-bond donors (Lipinski definition) is 1. The largest absolute Gasteiger partial charge is 0.507 e. The molecular weight excluding hydrogens is 400 g/mol. The van der Waals surface area contributed by atoms with Gasteiger partial charge in [-0.3, -0.25) is 9.36 Å². The van der Waals surface area contributed by atoms with Crippen LogP contribution in [0, 0.1) is 11.7 Å². The predicted octanol–water partition coefficient (Wildman–Crippen LogP) is 3.33. The van der Waals surface area contributed by atoms with E-state index in [9.17, 15) is 9.90 Å². The molecule has 30 heavy (non-hydrogen) atoms. The van der Waals surface area contributed by atoms with Crippen LogP contribution in [0.15, 0.2) is 48.5 Å². The summed E-state index contributed by atoms with van der Waals surface area (Å²) in [5.41, 5.74) is 2.58. The summed E-state index contributed by atoms with van der Waals surface area (Å²) >= 11 is 5.72. The van der Waals surface area contributed by atoms with Gasteiger partial charge < -0.3 is 14.7 Å². The molecule has 0 spiro atoms. The minimum absolute atomic E-state index is 0.0641. The molecule has 2 heterocycles. The Morgan fingerprint density at radius 1 is 1.13 bits per heavy atom. The summed E-state index contributed by atoms with van der Waals surface area (Å²) in [5, 5.41) is 15.1. The molecule has 0 radical (unpaired) electrons. The average molecular weight is 425 g/mol. The van der Waals surface area contributed by atoms with E-state index < -0.39 is 0 Å². The molecule has 0 saturated carbocycles. The Kier molecular flexibility index (Phi) is 5.96. The summed E-state index contributed by atoms with van der Waals surface area (Å²) in [4.78, 5) is 14.4.